The quantitative estimate of drug-likeness (QED) is 0.697. The van der Waals surface area contributed by atoms with Crippen molar-refractivity contribution in [1.82, 2.24) is 0 Å². The number of benzene rings is 2. The average Bonchev–Trinajstić information content (AvgIpc) is 3.01. The summed E-state index contributed by atoms with van der Waals surface area (Å²) in [6.45, 7) is 4.75. The molecule has 3 nitrogen and oxygen atoms in total. The lowest BCUT2D eigenvalue weighted by atomic mass is 9.65. The summed E-state index contributed by atoms with van der Waals surface area (Å²) >= 11 is 5.78. The van der Waals surface area contributed by atoms with Gasteiger partial charge in [0.15, 0.2) is 0 Å². The van der Waals surface area contributed by atoms with Gasteiger partial charge in [0.05, 0.1) is 12.3 Å². The molecule has 1 aliphatic carbocycles. The molecule has 1 N–H and O–H groups in total. The van der Waals surface area contributed by atoms with Crippen LogP contribution in [0.3, 0.4) is 0 Å². The van der Waals surface area contributed by atoms with Crippen LogP contribution in [0, 0.1) is 24.6 Å². The van der Waals surface area contributed by atoms with Crippen LogP contribution in [0.1, 0.15) is 43.7 Å². The van der Waals surface area contributed by atoms with Crippen LogP contribution in [-0.4, -0.2) is 12.5 Å². The third-order valence-corrected chi connectivity index (χ3v) is 6.74. The van der Waals surface area contributed by atoms with E-state index >= 15 is 0 Å². The molecule has 0 radical (unpaired) electrons. The molecular weight excluding hydrogens is 377 g/mol. The monoisotopic (exact) mass is 401 g/mol. The van der Waals surface area contributed by atoms with E-state index in [0.717, 1.165) is 38.0 Å². The molecule has 5 heteroatoms. The van der Waals surface area contributed by atoms with Crippen molar-refractivity contribution < 1.29 is 13.9 Å². The molecule has 1 fully saturated rings. The van der Waals surface area contributed by atoms with E-state index in [9.17, 15) is 9.18 Å². The largest absolute Gasteiger partial charge is 0.492 e. The van der Waals surface area contributed by atoms with Gasteiger partial charge >= 0.3 is 0 Å². The number of nitrogens with one attached hydrogen (secondary N) is 1. The number of hydrogen-bond donors (Lipinski definition) is 1. The van der Waals surface area contributed by atoms with E-state index < -0.39 is 5.82 Å². The molecule has 1 saturated carbocycles. The first-order valence-corrected chi connectivity index (χ1v) is 10.3. The summed E-state index contributed by atoms with van der Waals surface area (Å²) in [5.41, 5.74) is 2.79. The minimum atomic E-state index is -0.509. The maximum absolute atomic E-state index is 14.0. The van der Waals surface area contributed by atoms with Crippen molar-refractivity contribution in [2.75, 3.05) is 11.9 Å². The van der Waals surface area contributed by atoms with Gasteiger partial charge in [0, 0.05) is 21.9 Å². The molecule has 148 valence electrons. The highest BCUT2D eigenvalue weighted by atomic mass is 35.5. The molecule has 2 aromatic carbocycles. The van der Waals surface area contributed by atoms with Gasteiger partial charge < -0.3 is 10.1 Å². The molecule has 0 bridgehead atoms. The third kappa shape index (κ3) is 3.50. The van der Waals surface area contributed by atoms with Crippen LogP contribution >= 0.6 is 11.6 Å². The van der Waals surface area contributed by atoms with Crippen LogP contribution in [0.15, 0.2) is 36.4 Å². The summed E-state index contributed by atoms with van der Waals surface area (Å²) in [5, 5.41) is 3.04. The first-order chi connectivity index (χ1) is 13.4. The van der Waals surface area contributed by atoms with Gasteiger partial charge in [-0.2, -0.15) is 0 Å². The van der Waals surface area contributed by atoms with Crippen LogP contribution in [0.5, 0.6) is 5.75 Å². The lowest BCUT2D eigenvalue weighted by Gasteiger charge is -2.38. The van der Waals surface area contributed by atoms with Gasteiger partial charge in [0.2, 0.25) is 5.91 Å². The molecule has 28 heavy (non-hydrogen) atoms. The predicted molar refractivity (Wildman–Crippen MR) is 110 cm³/mol. The second-order valence-electron chi connectivity index (χ2n) is 8.31. The number of amides is 1. The maximum atomic E-state index is 14.0. The Kier molecular flexibility index (Phi) is 5.09. The van der Waals surface area contributed by atoms with E-state index in [4.69, 9.17) is 16.3 Å². The van der Waals surface area contributed by atoms with Crippen molar-refractivity contribution in [3.63, 3.8) is 0 Å². The Morgan fingerprint density at radius 1 is 1.25 bits per heavy atom. The van der Waals surface area contributed by atoms with Gasteiger partial charge in [-0.3, -0.25) is 4.79 Å². The molecule has 0 saturated heterocycles. The van der Waals surface area contributed by atoms with Crippen molar-refractivity contribution in [2.45, 2.75) is 44.9 Å². The SMILES string of the molecule is Cc1ccc2c(c1)OCC21CCC([C@@H](C)C(=O)Nc2ccc(Cl)cc2F)CC1. The van der Waals surface area contributed by atoms with E-state index in [1.807, 2.05) is 6.92 Å². The van der Waals surface area contributed by atoms with Crippen molar-refractivity contribution in [2.24, 2.45) is 11.8 Å². The highest BCUT2D eigenvalue weighted by molar-refractivity contribution is 6.30. The normalized spacial score (nSPS) is 24.5. The number of ether oxygens (including phenoxy) is 1. The molecule has 1 spiro atoms. The van der Waals surface area contributed by atoms with Crippen LogP contribution in [-0.2, 0) is 10.2 Å². The molecule has 2 aromatic rings. The summed E-state index contributed by atoms with van der Waals surface area (Å²) in [6.07, 6.45) is 3.96. The summed E-state index contributed by atoms with van der Waals surface area (Å²) in [4.78, 5) is 12.7. The fourth-order valence-corrected chi connectivity index (χ4v) is 4.80. The Morgan fingerprint density at radius 3 is 2.71 bits per heavy atom. The number of hydrogen-bond acceptors (Lipinski definition) is 2. The van der Waals surface area contributed by atoms with Crippen LogP contribution in [0.2, 0.25) is 5.02 Å². The first kappa shape index (κ1) is 19.3. The van der Waals surface area contributed by atoms with Crippen molar-refractivity contribution in [3.05, 3.63) is 58.4 Å². The van der Waals surface area contributed by atoms with Crippen LogP contribution in [0.4, 0.5) is 10.1 Å². The Bertz CT molecular complexity index is 905. The van der Waals surface area contributed by atoms with E-state index in [0.29, 0.717) is 5.02 Å². The lowest BCUT2D eigenvalue weighted by Crippen LogP contribution is -2.37. The number of anilines is 1. The Balaban J connectivity index is 1.41. The number of aryl methyl sites for hydroxylation is 1. The first-order valence-electron chi connectivity index (χ1n) is 9.88. The molecule has 0 unspecified atom stereocenters. The molecule has 1 atom stereocenters. The second-order valence-corrected chi connectivity index (χ2v) is 8.74. The van der Waals surface area contributed by atoms with Gasteiger partial charge in [-0.25, -0.2) is 4.39 Å². The molecule has 0 aromatic heterocycles. The Labute approximate surface area is 170 Å². The molecule has 1 amide bonds. The van der Waals surface area contributed by atoms with E-state index in [2.05, 4.69) is 30.4 Å². The fourth-order valence-electron chi connectivity index (χ4n) is 4.64. The summed E-state index contributed by atoms with van der Waals surface area (Å²) in [6, 6.07) is 10.8. The zero-order chi connectivity index (χ0) is 19.9. The Morgan fingerprint density at radius 2 is 2.00 bits per heavy atom. The summed E-state index contributed by atoms with van der Waals surface area (Å²) in [7, 11) is 0. The van der Waals surface area contributed by atoms with E-state index in [-0.39, 0.29) is 28.8 Å². The minimum Gasteiger partial charge on any atom is -0.492 e. The third-order valence-electron chi connectivity index (χ3n) is 6.51. The molecule has 4 rings (SSSR count). The topological polar surface area (TPSA) is 38.3 Å². The van der Waals surface area contributed by atoms with Gasteiger partial charge in [-0.15, -0.1) is 0 Å². The summed E-state index contributed by atoms with van der Waals surface area (Å²) in [5.74, 6) is 0.483. The van der Waals surface area contributed by atoms with Gasteiger partial charge in [-0.1, -0.05) is 30.7 Å². The van der Waals surface area contributed by atoms with Gasteiger partial charge in [0.25, 0.3) is 0 Å². The lowest BCUT2D eigenvalue weighted by molar-refractivity contribution is -0.121. The van der Waals surface area contributed by atoms with Crippen molar-refractivity contribution >= 4 is 23.2 Å². The molecule has 2 aliphatic rings. The maximum Gasteiger partial charge on any atom is 0.227 e. The zero-order valence-electron chi connectivity index (χ0n) is 16.2. The van der Waals surface area contributed by atoms with Crippen molar-refractivity contribution in [3.8, 4) is 5.75 Å². The number of carbonyl (C=O) groups is 1. The fraction of sp³-hybridized carbons (Fsp3) is 0.435. The Hall–Kier alpha value is -2.07. The standard InChI is InChI=1S/C23H25ClFNO2/c1-14-3-5-18-21(11-14)28-13-23(18)9-7-16(8-10-23)15(2)22(27)26-20-6-4-17(24)12-19(20)25/h3-6,11-12,15-16H,7-10,13H2,1-2H3,(H,26,27)/t15-,16?,23?/m1/s1. The minimum absolute atomic E-state index is 0.0814. The number of fused-ring (bicyclic) bond motifs is 2. The van der Waals surface area contributed by atoms with Crippen LogP contribution < -0.4 is 10.1 Å². The van der Waals surface area contributed by atoms with Gasteiger partial charge in [-0.05, 0) is 68.4 Å². The van der Waals surface area contributed by atoms with Crippen molar-refractivity contribution in [1.29, 1.82) is 0 Å². The summed E-state index contributed by atoms with van der Waals surface area (Å²) < 4.78 is 20.0. The predicted octanol–water partition coefficient (Wildman–Crippen LogP) is 5.88. The highest BCUT2D eigenvalue weighted by Crippen LogP contribution is 2.50. The molecular formula is C23H25ClFNO2. The van der Waals surface area contributed by atoms with Crippen LogP contribution in [0.25, 0.3) is 0 Å². The second kappa shape index (κ2) is 7.40. The number of rotatable bonds is 3. The highest BCUT2D eigenvalue weighted by Gasteiger charge is 2.44. The smallest absolute Gasteiger partial charge is 0.227 e. The molecule has 1 heterocycles. The molecule has 1 aliphatic heterocycles. The average molecular weight is 402 g/mol. The van der Waals surface area contributed by atoms with E-state index in [1.54, 1.807) is 6.07 Å². The zero-order valence-corrected chi connectivity index (χ0v) is 17.0. The van der Waals surface area contributed by atoms with E-state index in [1.165, 1.54) is 23.3 Å². The number of carbonyl (C=O) groups excluding carboxylic acids is 1. The number of halogens is 2. The van der Waals surface area contributed by atoms with Gasteiger partial charge in [0.1, 0.15) is 11.6 Å².